The van der Waals surface area contributed by atoms with E-state index in [0.29, 0.717) is 23.3 Å². The summed E-state index contributed by atoms with van der Waals surface area (Å²) in [5.74, 6) is -0.100. The van der Waals surface area contributed by atoms with E-state index in [9.17, 15) is 4.79 Å². The number of carbonyl (C=O) groups is 1. The summed E-state index contributed by atoms with van der Waals surface area (Å²) in [5, 5.41) is 7.16. The van der Waals surface area contributed by atoms with E-state index in [-0.39, 0.29) is 5.91 Å². The monoisotopic (exact) mass is 264 g/mol. The number of anilines is 1. The summed E-state index contributed by atoms with van der Waals surface area (Å²) in [6.45, 7) is 5.56. The van der Waals surface area contributed by atoms with E-state index in [4.69, 9.17) is 5.73 Å². The van der Waals surface area contributed by atoms with Crippen molar-refractivity contribution in [2.45, 2.75) is 52.5 Å². The SMILES string of the molecule is CCn1ncc(N)c1C(=O)NCC1(CC)CCCC1. The summed E-state index contributed by atoms with van der Waals surface area (Å²) in [6, 6.07) is 0. The predicted octanol–water partition coefficient (Wildman–Crippen LogP) is 2.19. The predicted molar refractivity (Wildman–Crippen MR) is 75.8 cm³/mol. The molecule has 0 radical (unpaired) electrons. The molecule has 0 aromatic carbocycles. The summed E-state index contributed by atoms with van der Waals surface area (Å²) in [7, 11) is 0. The first kappa shape index (κ1) is 13.9. The van der Waals surface area contributed by atoms with Gasteiger partial charge in [-0.25, -0.2) is 0 Å². The van der Waals surface area contributed by atoms with Crippen LogP contribution in [-0.4, -0.2) is 22.2 Å². The highest BCUT2D eigenvalue weighted by atomic mass is 16.2. The zero-order valence-electron chi connectivity index (χ0n) is 11.9. The molecule has 106 valence electrons. The largest absolute Gasteiger partial charge is 0.396 e. The van der Waals surface area contributed by atoms with Crippen molar-refractivity contribution >= 4 is 11.6 Å². The Morgan fingerprint density at radius 3 is 2.74 bits per heavy atom. The Kier molecular flexibility index (Phi) is 4.12. The number of hydrogen-bond acceptors (Lipinski definition) is 3. The lowest BCUT2D eigenvalue weighted by Crippen LogP contribution is -2.36. The number of nitrogens with two attached hydrogens (primary N) is 1. The fraction of sp³-hybridized carbons (Fsp3) is 0.714. The molecule has 1 saturated carbocycles. The fourth-order valence-corrected chi connectivity index (χ4v) is 3.02. The van der Waals surface area contributed by atoms with Gasteiger partial charge in [-0.15, -0.1) is 0 Å². The molecule has 2 rings (SSSR count). The van der Waals surface area contributed by atoms with Gasteiger partial charge in [0.1, 0.15) is 5.69 Å². The number of aromatic nitrogens is 2. The molecule has 0 saturated heterocycles. The van der Waals surface area contributed by atoms with Crippen molar-refractivity contribution in [3.8, 4) is 0 Å². The number of carbonyl (C=O) groups excluding carboxylic acids is 1. The van der Waals surface area contributed by atoms with Crippen molar-refractivity contribution in [3.63, 3.8) is 0 Å². The lowest BCUT2D eigenvalue weighted by atomic mass is 9.83. The van der Waals surface area contributed by atoms with Gasteiger partial charge in [-0.3, -0.25) is 9.48 Å². The molecule has 3 N–H and O–H groups in total. The van der Waals surface area contributed by atoms with Crippen LogP contribution in [0.1, 0.15) is 56.4 Å². The third-order valence-corrected chi connectivity index (χ3v) is 4.42. The Bertz CT molecular complexity index is 446. The van der Waals surface area contributed by atoms with E-state index < -0.39 is 0 Å². The molecule has 1 fully saturated rings. The Labute approximate surface area is 114 Å². The van der Waals surface area contributed by atoms with Gasteiger partial charge in [-0.1, -0.05) is 19.8 Å². The summed E-state index contributed by atoms with van der Waals surface area (Å²) in [5.41, 5.74) is 7.06. The van der Waals surface area contributed by atoms with Crippen LogP contribution in [0.15, 0.2) is 6.20 Å². The minimum atomic E-state index is -0.100. The number of amides is 1. The van der Waals surface area contributed by atoms with Crippen LogP contribution in [0.2, 0.25) is 0 Å². The lowest BCUT2D eigenvalue weighted by Gasteiger charge is -2.27. The smallest absolute Gasteiger partial charge is 0.271 e. The average Bonchev–Trinajstić information content (AvgIpc) is 3.03. The second kappa shape index (κ2) is 5.63. The molecular weight excluding hydrogens is 240 g/mol. The van der Waals surface area contributed by atoms with Crippen LogP contribution in [0, 0.1) is 5.41 Å². The van der Waals surface area contributed by atoms with Gasteiger partial charge in [0, 0.05) is 13.1 Å². The Balaban J connectivity index is 2.03. The molecule has 1 heterocycles. The standard InChI is InChI=1S/C14H24N4O/c1-3-14(7-5-6-8-14)10-16-13(19)12-11(15)9-17-18(12)4-2/h9H,3-8,10,15H2,1-2H3,(H,16,19). The maximum atomic E-state index is 12.3. The third kappa shape index (κ3) is 2.74. The topological polar surface area (TPSA) is 72.9 Å². The molecule has 1 aliphatic rings. The molecule has 0 aliphatic heterocycles. The number of nitrogens with one attached hydrogen (secondary N) is 1. The van der Waals surface area contributed by atoms with Gasteiger partial charge in [0.2, 0.25) is 0 Å². The number of aryl methyl sites for hydroxylation is 1. The van der Waals surface area contributed by atoms with Crippen LogP contribution >= 0.6 is 0 Å². The molecule has 5 heteroatoms. The van der Waals surface area contributed by atoms with Gasteiger partial charge in [0.05, 0.1) is 11.9 Å². The second-order valence-corrected chi connectivity index (χ2v) is 5.51. The zero-order chi connectivity index (χ0) is 13.9. The molecular formula is C14H24N4O. The van der Waals surface area contributed by atoms with E-state index in [1.54, 1.807) is 10.9 Å². The molecule has 0 bridgehead atoms. The third-order valence-electron chi connectivity index (χ3n) is 4.42. The van der Waals surface area contributed by atoms with Gasteiger partial charge < -0.3 is 11.1 Å². The number of hydrogen-bond donors (Lipinski definition) is 2. The maximum absolute atomic E-state index is 12.3. The zero-order valence-corrected chi connectivity index (χ0v) is 11.9. The van der Waals surface area contributed by atoms with Crippen molar-refractivity contribution < 1.29 is 4.79 Å². The molecule has 1 aliphatic carbocycles. The highest BCUT2D eigenvalue weighted by molar-refractivity contribution is 5.97. The van der Waals surface area contributed by atoms with Crippen LogP contribution in [0.25, 0.3) is 0 Å². The molecule has 1 aromatic rings. The molecule has 5 nitrogen and oxygen atoms in total. The van der Waals surface area contributed by atoms with E-state index in [1.165, 1.54) is 25.7 Å². The van der Waals surface area contributed by atoms with Crippen LogP contribution < -0.4 is 11.1 Å². The normalized spacial score (nSPS) is 17.6. The molecule has 1 aromatic heterocycles. The van der Waals surface area contributed by atoms with Gasteiger partial charge >= 0.3 is 0 Å². The average molecular weight is 264 g/mol. The van der Waals surface area contributed by atoms with Crippen molar-refractivity contribution in [1.29, 1.82) is 0 Å². The van der Waals surface area contributed by atoms with E-state index >= 15 is 0 Å². The summed E-state index contributed by atoms with van der Waals surface area (Å²) < 4.78 is 1.65. The highest BCUT2D eigenvalue weighted by Crippen LogP contribution is 2.40. The van der Waals surface area contributed by atoms with Gasteiger partial charge in [0.15, 0.2) is 0 Å². The lowest BCUT2D eigenvalue weighted by molar-refractivity contribution is 0.0919. The van der Waals surface area contributed by atoms with Crippen LogP contribution in [0.4, 0.5) is 5.69 Å². The Hall–Kier alpha value is -1.52. The summed E-state index contributed by atoms with van der Waals surface area (Å²) >= 11 is 0. The van der Waals surface area contributed by atoms with E-state index in [2.05, 4.69) is 17.3 Å². The number of nitrogens with zero attached hydrogens (tertiary/aromatic N) is 2. The number of rotatable bonds is 5. The van der Waals surface area contributed by atoms with Crippen molar-refractivity contribution in [1.82, 2.24) is 15.1 Å². The molecule has 19 heavy (non-hydrogen) atoms. The summed E-state index contributed by atoms with van der Waals surface area (Å²) in [4.78, 5) is 12.3. The first-order chi connectivity index (χ1) is 9.12. The minimum absolute atomic E-state index is 0.100. The van der Waals surface area contributed by atoms with Gasteiger partial charge in [-0.2, -0.15) is 5.10 Å². The van der Waals surface area contributed by atoms with Crippen LogP contribution in [0.5, 0.6) is 0 Å². The first-order valence-corrected chi connectivity index (χ1v) is 7.21. The van der Waals surface area contributed by atoms with Gasteiger partial charge in [-0.05, 0) is 31.6 Å². The van der Waals surface area contributed by atoms with E-state index in [0.717, 1.165) is 13.0 Å². The Morgan fingerprint density at radius 2 is 2.16 bits per heavy atom. The minimum Gasteiger partial charge on any atom is -0.396 e. The van der Waals surface area contributed by atoms with Crippen molar-refractivity contribution in [3.05, 3.63) is 11.9 Å². The Morgan fingerprint density at radius 1 is 1.47 bits per heavy atom. The van der Waals surface area contributed by atoms with E-state index in [1.807, 2.05) is 6.92 Å². The van der Waals surface area contributed by atoms with Crippen molar-refractivity contribution in [2.24, 2.45) is 5.41 Å². The molecule has 0 atom stereocenters. The molecule has 0 unspecified atom stereocenters. The maximum Gasteiger partial charge on any atom is 0.271 e. The first-order valence-electron chi connectivity index (χ1n) is 7.21. The number of nitrogen functional groups attached to an aromatic ring is 1. The van der Waals surface area contributed by atoms with Gasteiger partial charge in [0.25, 0.3) is 5.91 Å². The van der Waals surface area contributed by atoms with Crippen LogP contribution in [0.3, 0.4) is 0 Å². The molecule has 0 spiro atoms. The quantitative estimate of drug-likeness (QED) is 0.856. The van der Waals surface area contributed by atoms with Crippen LogP contribution in [-0.2, 0) is 6.54 Å². The highest BCUT2D eigenvalue weighted by Gasteiger charge is 2.32. The summed E-state index contributed by atoms with van der Waals surface area (Å²) in [6.07, 6.45) is 7.65. The fourth-order valence-electron chi connectivity index (χ4n) is 3.02. The van der Waals surface area contributed by atoms with Crippen molar-refractivity contribution in [2.75, 3.05) is 12.3 Å². The molecule has 1 amide bonds. The second-order valence-electron chi connectivity index (χ2n) is 5.51.